The number of ether oxygens (including phenoxy) is 1. The summed E-state index contributed by atoms with van der Waals surface area (Å²) in [7, 11) is 0. The van der Waals surface area contributed by atoms with Crippen molar-refractivity contribution in [1.82, 2.24) is 15.0 Å². The Hall–Kier alpha value is -2.48. The molecule has 1 fully saturated rings. The summed E-state index contributed by atoms with van der Waals surface area (Å²) in [6, 6.07) is 1.70. The van der Waals surface area contributed by atoms with Gasteiger partial charge in [-0.05, 0) is 26.8 Å². The van der Waals surface area contributed by atoms with Crippen LogP contribution in [0.5, 0.6) is 0 Å². The van der Waals surface area contributed by atoms with Crippen molar-refractivity contribution in [2.75, 3.05) is 19.7 Å². The molecule has 8 nitrogen and oxygen atoms in total. The molecule has 2 aromatic rings. The lowest BCUT2D eigenvalue weighted by atomic mass is 10.0. The zero-order valence-corrected chi connectivity index (χ0v) is 13.3. The van der Waals surface area contributed by atoms with Crippen molar-refractivity contribution in [3.63, 3.8) is 0 Å². The van der Waals surface area contributed by atoms with E-state index in [-0.39, 0.29) is 19.1 Å². The molecule has 2 aromatic heterocycles. The van der Waals surface area contributed by atoms with Gasteiger partial charge in [0.15, 0.2) is 5.60 Å². The highest BCUT2D eigenvalue weighted by Gasteiger charge is 2.39. The Kier molecular flexibility index (Phi) is 3.56. The topological polar surface area (TPSA) is 112 Å². The van der Waals surface area contributed by atoms with Crippen molar-refractivity contribution in [2.24, 2.45) is 5.73 Å². The Morgan fingerprint density at radius 1 is 1.39 bits per heavy atom. The first-order valence-electron chi connectivity index (χ1n) is 7.28. The van der Waals surface area contributed by atoms with E-state index in [1.807, 2.05) is 0 Å². The van der Waals surface area contributed by atoms with Crippen LogP contribution in [0.3, 0.4) is 0 Å². The van der Waals surface area contributed by atoms with Gasteiger partial charge in [-0.1, -0.05) is 5.16 Å². The van der Waals surface area contributed by atoms with Crippen molar-refractivity contribution in [1.29, 1.82) is 0 Å². The second kappa shape index (κ2) is 5.31. The van der Waals surface area contributed by atoms with Gasteiger partial charge in [0.1, 0.15) is 0 Å². The number of nitrogens with two attached hydrogens (primary N) is 1. The molecule has 23 heavy (non-hydrogen) atoms. The molecular weight excluding hydrogens is 300 g/mol. The van der Waals surface area contributed by atoms with Gasteiger partial charge in [0.05, 0.1) is 29.8 Å². The third-order valence-electron chi connectivity index (χ3n) is 4.06. The number of hydrogen-bond donors (Lipinski definition) is 1. The molecule has 0 saturated carbocycles. The molecule has 1 saturated heterocycles. The summed E-state index contributed by atoms with van der Waals surface area (Å²) >= 11 is 0. The van der Waals surface area contributed by atoms with E-state index in [1.165, 1.54) is 0 Å². The fourth-order valence-corrected chi connectivity index (χ4v) is 2.75. The number of rotatable bonds is 2. The Morgan fingerprint density at radius 3 is 2.83 bits per heavy atom. The number of carbonyl (C=O) groups excluding carboxylic acids is 2. The lowest BCUT2D eigenvalue weighted by Gasteiger charge is -2.38. The molecule has 0 bridgehead atoms. The zero-order valence-electron chi connectivity index (χ0n) is 13.3. The summed E-state index contributed by atoms with van der Waals surface area (Å²) in [4.78, 5) is 30.3. The average molecular weight is 318 g/mol. The molecule has 0 spiro atoms. The molecule has 1 atom stereocenters. The van der Waals surface area contributed by atoms with Crippen LogP contribution in [0.1, 0.15) is 28.7 Å². The third-order valence-corrected chi connectivity index (χ3v) is 4.06. The number of fused-ring (bicyclic) bond motifs is 1. The highest BCUT2D eigenvalue weighted by atomic mass is 16.5. The predicted octanol–water partition coefficient (Wildman–Crippen LogP) is 0.556. The molecule has 3 heterocycles. The van der Waals surface area contributed by atoms with Crippen LogP contribution < -0.4 is 5.73 Å². The minimum absolute atomic E-state index is 0.106. The van der Waals surface area contributed by atoms with Gasteiger partial charge in [-0.2, -0.15) is 0 Å². The van der Waals surface area contributed by atoms with Crippen molar-refractivity contribution >= 4 is 22.9 Å². The summed E-state index contributed by atoms with van der Waals surface area (Å²) in [6.07, 6.45) is 0. The fourth-order valence-electron chi connectivity index (χ4n) is 2.75. The quantitative estimate of drug-likeness (QED) is 0.865. The van der Waals surface area contributed by atoms with E-state index in [0.29, 0.717) is 34.6 Å². The monoisotopic (exact) mass is 318 g/mol. The molecule has 122 valence electrons. The van der Waals surface area contributed by atoms with Crippen molar-refractivity contribution < 1.29 is 18.8 Å². The van der Waals surface area contributed by atoms with Gasteiger partial charge in [-0.15, -0.1) is 0 Å². The van der Waals surface area contributed by atoms with Gasteiger partial charge in [0.2, 0.25) is 0 Å². The van der Waals surface area contributed by atoms with E-state index in [4.69, 9.17) is 15.0 Å². The summed E-state index contributed by atoms with van der Waals surface area (Å²) in [5, 5.41) is 4.47. The molecule has 3 rings (SSSR count). The largest absolute Gasteiger partial charge is 0.367 e. The number of hydrogen-bond acceptors (Lipinski definition) is 6. The fraction of sp³-hybridized carbons (Fsp3) is 0.467. The van der Waals surface area contributed by atoms with Crippen LogP contribution in [0, 0.1) is 13.8 Å². The summed E-state index contributed by atoms with van der Waals surface area (Å²) < 4.78 is 10.6. The predicted molar refractivity (Wildman–Crippen MR) is 80.7 cm³/mol. The normalized spacial score (nSPS) is 21.6. The van der Waals surface area contributed by atoms with E-state index in [2.05, 4.69) is 10.1 Å². The van der Waals surface area contributed by atoms with Gasteiger partial charge in [-0.3, -0.25) is 9.59 Å². The Morgan fingerprint density at radius 2 is 2.13 bits per heavy atom. The van der Waals surface area contributed by atoms with Crippen LogP contribution in [-0.4, -0.2) is 52.2 Å². The number of aromatic nitrogens is 2. The molecule has 1 aliphatic heterocycles. The number of nitrogens with zero attached hydrogens (tertiary/aromatic N) is 3. The maximum atomic E-state index is 12.9. The van der Waals surface area contributed by atoms with Gasteiger partial charge in [0.25, 0.3) is 17.5 Å². The number of amides is 2. The molecule has 0 unspecified atom stereocenters. The number of morpholine rings is 1. The van der Waals surface area contributed by atoms with E-state index >= 15 is 0 Å². The lowest BCUT2D eigenvalue weighted by Crippen LogP contribution is -2.58. The highest BCUT2D eigenvalue weighted by Crippen LogP contribution is 2.25. The summed E-state index contributed by atoms with van der Waals surface area (Å²) in [5.41, 5.74) is 6.25. The Labute approximate surface area is 132 Å². The van der Waals surface area contributed by atoms with E-state index < -0.39 is 11.5 Å². The average Bonchev–Trinajstić information content (AvgIpc) is 2.87. The minimum atomic E-state index is -1.18. The third kappa shape index (κ3) is 2.55. The van der Waals surface area contributed by atoms with Crippen molar-refractivity contribution in [3.8, 4) is 0 Å². The number of primary amides is 1. The Bertz CT molecular complexity index is 800. The van der Waals surface area contributed by atoms with Crippen LogP contribution in [-0.2, 0) is 9.53 Å². The highest BCUT2D eigenvalue weighted by molar-refractivity contribution is 6.06. The van der Waals surface area contributed by atoms with Crippen LogP contribution in [0.2, 0.25) is 0 Å². The number of aryl methyl sites for hydroxylation is 2. The first-order chi connectivity index (χ1) is 10.8. The van der Waals surface area contributed by atoms with E-state index in [0.717, 1.165) is 0 Å². The number of carbonyl (C=O) groups is 2. The van der Waals surface area contributed by atoms with E-state index in [1.54, 1.807) is 31.7 Å². The van der Waals surface area contributed by atoms with Crippen LogP contribution in [0.25, 0.3) is 11.1 Å². The lowest BCUT2D eigenvalue weighted by molar-refractivity contribution is -0.150. The van der Waals surface area contributed by atoms with Gasteiger partial charge in [-0.25, -0.2) is 4.98 Å². The second-order valence-corrected chi connectivity index (χ2v) is 5.93. The Balaban J connectivity index is 2.00. The minimum Gasteiger partial charge on any atom is -0.367 e. The maximum Gasteiger partial charge on any atom is 0.258 e. The van der Waals surface area contributed by atoms with Crippen LogP contribution >= 0.6 is 0 Å². The van der Waals surface area contributed by atoms with Gasteiger partial charge in [0, 0.05) is 12.2 Å². The van der Waals surface area contributed by atoms with Crippen molar-refractivity contribution in [2.45, 2.75) is 26.4 Å². The molecule has 0 aliphatic carbocycles. The standard InChI is InChI=1S/C15H18N4O4/c1-8-6-10(11-9(2)18-23-12(11)17-8)13(20)19-4-5-22-15(3,7-19)14(16)21/h6H,4-5,7H2,1-3H3,(H2,16,21)/t15-/m1/s1. The van der Waals surface area contributed by atoms with Crippen LogP contribution in [0.4, 0.5) is 0 Å². The first kappa shape index (κ1) is 15.4. The maximum absolute atomic E-state index is 12.9. The van der Waals surface area contributed by atoms with Crippen molar-refractivity contribution in [3.05, 3.63) is 23.0 Å². The second-order valence-electron chi connectivity index (χ2n) is 5.93. The van der Waals surface area contributed by atoms with Gasteiger partial charge < -0.3 is 19.9 Å². The molecular formula is C15H18N4O4. The summed E-state index contributed by atoms with van der Waals surface area (Å²) in [5.74, 6) is -0.810. The molecule has 2 amide bonds. The first-order valence-corrected chi connectivity index (χ1v) is 7.28. The smallest absolute Gasteiger partial charge is 0.258 e. The SMILES string of the molecule is Cc1cc(C(=O)N2CCO[C@@](C)(C(N)=O)C2)c2c(C)noc2n1. The summed E-state index contributed by atoms with van der Waals surface area (Å²) in [6.45, 7) is 5.87. The molecule has 8 heteroatoms. The zero-order chi connectivity index (χ0) is 16.8. The molecule has 0 aromatic carbocycles. The van der Waals surface area contributed by atoms with E-state index in [9.17, 15) is 9.59 Å². The molecule has 2 N–H and O–H groups in total. The number of pyridine rings is 1. The molecule has 1 aliphatic rings. The van der Waals surface area contributed by atoms with Gasteiger partial charge >= 0.3 is 0 Å². The van der Waals surface area contributed by atoms with Crippen LogP contribution in [0.15, 0.2) is 10.6 Å². The molecule has 0 radical (unpaired) electrons.